The minimum absolute atomic E-state index is 0.0712. The molecular weight excluding hydrogens is 455 g/mol. The molecule has 36 heavy (non-hydrogen) atoms. The first-order chi connectivity index (χ1) is 17.2. The lowest BCUT2D eigenvalue weighted by atomic mass is 9.84. The second-order valence-electron chi connectivity index (χ2n) is 10.5. The highest BCUT2D eigenvalue weighted by atomic mass is 19.1. The second-order valence-corrected chi connectivity index (χ2v) is 10.5. The SMILES string of the molecule is CCc1cc2c(=O)c3c4ccc(C#N)cc4[nH]c3n(C(C)C)c2c(F)c1C1CCN(C[C@@H](C)O)CC1. The topological polar surface area (TPSA) is 85.0 Å². The number of halogens is 1. The van der Waals surface area contributed by atoms with Crippen LogP contribution in [-0.4, -0.2) is 45.3 Å². The third kappa shape index (κ3) is 3.89. The number of hydrogen-bond acceptors (Lipinski definition) is 4. The molecule has 0 aliphatic carbocycles. The number of nitriles is 1. The van der Waals surface area contributed by atoms with Gasteiger partial charge in [-0.25, -0.2) is 4.39 Å². The minimum Gasteiger partial charge on any atom is -0.392 e. The summed E-state index contributed by atoms with van der Waals surface area (Å²) >= 11 is 0. The lowest BCUT2D eigenvalue weighted by Gasteiger charge is -2.34. The van der Waals surface area contributed by atoms with Crippen molar-refractivity contribution in [1.29, 1.82) is 5.26 Å². The maximum atomic E-state index is 16.6. The Morgan fingerprint density at radius 3 is 2.53 bits per heavy atom. The number of benzene rings is 2. The first-order valence-electron chi connectivity index (χ1n) is 12.9. The minimum atomic E-state index is -0.381. The van der Waals surface area contributed by atoms with Gasteiger partial charge in [0.15, 0.2) is 11.2 Å². The molecule has 1 fully saturated rings. The summed E-state index contributed by atoms with van der Waals surface area (Å²) in [6, 6.07) is 9.22. The Labute approximate surface area is 209 Å². The summed E-state index contributed by atoms with van der Waals surface area (Å²) in [4.78, 5) is 19.4. The molecule has 6 nitrogen and oxygen atoms in total. The molecule has 1 saturated heterocycles. The molecule has 0 spiro atoms. The standard InChI is InChI=1S/C29H33FN4O2/c1-5-19-13-22-27(26(30)24(19)20-8-10-33(11-9-20)15-17(4)35)34(16(2)3)29-25(28(22)36)21-7-6-18(14-31)12-23(21)32-29/h6-7,12-13,16-17,20,32,35H,5,8-11,15H2,1-4H3/t17-/m1/s1. The molecular formula is C29H33FN4O2. The lowest BCUT2D eigenvalue weighted by molar-refractivity contribution is 0.109. The zero-order valence-electron chi connectivity index (χ0n) is 21.4. The Morgan fingerprint density at radius 1 is 1.19 bits per heavy atom. The van der Waals surface area contributed by atoms with Crippen molar-refractivity contribution in [2.24, 2.45) is 0 Å². The third-order valence-electron chi connectivity index (χ3n) is 7.64. The summed E-state index contributed by atoms with van der Waals surface area (Å²) in [6.07, 6.45) is 1.90. The van der Waals surface area contributed by atoms with E-state index in [1.807, 2.05) is 31.4 Å². The van der Waals surface area contributed by atoms with Crippen molar-refractivity contribution >= 4 is 32.8 Å². The highest BCUT2D eigenvalue weighted by Crippen LogP contribution is 2.38. The van der Waals surface area contributed by atoms with Crippen LogP contribution in [0.25, 0.3) is 32.8 Å². The predicted octanol–water partition coefficient (Wildman–Crippen LogP) is 5.35. The fourth-order valence-corrected chi connectivity index (χ4v) is 6.05. The fraction of sp³-hybridized carbons (Fsp3) is 0.448. The van der Waals surface area contributed by atoms with E-state index in [1.165, 1.54) is 0 Å². The van der Waals surface area contributed by atoms with Crippen molar-refractivity contribution in [1.82, 2.24) is 14.5 Å². The first kappa shape index (κ1) is 24.5. The van der Waals surface area contributed by atoms with Gasteiger partial charge in [-0.15, -0.1) is 0 Å². The normalized spacial score (nSPS) is 16.4. The number of aromatic nitrogens is 2. The number of aliphatic hydroxyl groups excluding tert-OH is 1. The van der Waals surface area contributed by atoms with Crippen molar-refractivity contribution in [3.8, 4) is 6.07 Å². The summed E-state index contributed by atoms with van der Waals surface area (Å²) in [5.74, 6) is -0.218. The Balaban J connectivity index is 1.77. The van der Waals surface area contributed by atoms with Crippen LogP contribution < -0.4 is 5.43 Å². The quantitative estimate of drug-likeness (QED) is 0.397. The number of β-amino-alcohol motifs (C(OH)–C–C–N with tert-alkyl or cyclic N) is 1. The van der Waals surface area contributed by atoms with E-state index in [1.54, 1.807) is 25.1 Å². The van der Waals surface area contributed by atoms with Gasteiger partial charge in [-0.1, -0.05) is 13.0 Å². The van der Waals surface area contributed by atoms with Crippen molar-refractivity contribution < 1.29 is 9.50 Å². The number of rotatable bonds is 5. The van der Waals surface area contributed by atoms with Gasteiger partial charge in [0.2, 0.25) is 0 Å². The van der Waals surface area contributed by atoms with E-state index >= 15 is 4.39 Å². The predicted molar refractivity (Wildman–Crippen MR) is 142 cm³/mol. The van der Waals surface area contributed by atoms with Crippen LogP contribution in [0.4, 0.5) is 4.39 Å². The number of nitrogens with one attached hydrogen (secondary N) is 1. The molecule has 0 unspecified atom stereocenters. The van der Waals surface area contributed by atoms with Gasteiger partial charge in [0.05, 0.1) is 28.6 Å². The van der Waals surface area contributed by atoms with Gasteiger partial charge in [0.1, 0.15) is 5.65 Å². The Kier molecular flexibility index (Phi) is 6.36. The largest absolute Gasteiger partial charge is 0.392 e. The molecule has 0 bridgehead atoms. The van der Waals surface area contributed by atoms with Crippen LogP contribution in [0.15, 0.2) is 29.1 Å². The Hall–Kier alpha value is -3.21. The van der Waals surface area contributed by atoms with E-state index in [0.717, 1.165) is 42.4 Å². The molecule has 4 aromatic rings. The maximum Gasteiger partial charge on any atom is 0.199 e. The van der Waals surface area contributed by atoms with Crippen LogP contribution in [-0.2, 0) is 6.42 Å². The van der Waals surface area contributed by atoms with Crippen molar-refractivity contribution in [2.45, 2.75) is 65.0 Å². The molecule has 1 aliphatic rings. The summed E-state index contributed by atoms with van der Waals surface area (Å²) in [7, 11) is 0. The number of nitrogens with zero attached hydrogens (tertiary/aromatic N) is 3. The molecule has 0 saturated carbocycles. The molecule has 1 aliphatic heterocycles. The van der Waals surface area contributed by atoms with Gasteiger partial charge in [-0.05, 0) is 88.4 Å². The average Bonchev–Trinajstić information content (AvgIpc) is 3.23. The van der Waals surface area contributed by atoms with Gasteiger partial charge < -0.3 is 19.6 Å². The lowest BCUT2D eigenvalue weighted by Crippen LogP contribution is -2.37. The average molecular weight is 489 g/mol. The number of aryl methyl sites for hydroxylation is 1. The second kappa shape index (κ2) is 9.34. The fourth-order valence-electron chi connectivity index (χ4n) is 6.05. The zero-order valence-corrected chi connectivity index (χ0v) is 21.4. The first-order valence-corrected chi connectivity index (χ1v) is 12.9. The van der Waals surface area contributed by atoms with E-state index in [4.69, 9.17) is 0 Å². The van der Waals surface area contributed by atoms with E-state index < -0.39 is 0 Å². The number of aliphatic hydroxyl groups is 1. The summed E-state index contributed by atoms with van der Waals surface area (Å²) in [5.41, 5.74) is 3.60. The molecule has 2 aromatic heterocycles. The van der Waals surface area contributed by atoms with Gasteiger partial charge in [-0.2, -0.15) is 5.26 Å². The smallest absolute Gasteiger partial charge is 0.199 e. The van der Waals surface area contributed by atoms with Crippen LogP contribution in [0, 0.1) is 17.1 Å². The number of H-pyrrole nitrogens is 1. The zero-order chi connectivity index (χ0) is 25.7. The molecule has 2 aromatic carbocycles. The van der Waals surface area contributed by atoms with E-state index in [-0.39, 0.29) is 29.3 Å². The van der Waals surface area contributed by atoms with Gasteiger partial charge in [0.25, 0.3) is 0 Å². The number of aromatic amines is 1. The Morgan fingerprint density at radius 2 is 1.92 bits per heavy atom. The third-order valence-corrected chi connectivity index (χ3v) is 7.64. The summed E-state index contributed by atoms with van der Waals surface area (Å²) in [5, 5.41) is 20.8. The van der Waals surface area contributed by atoms with Gasteiger partial charge in [-0.3, -0.25) is 4.79 Å². The molecule has 188 valence electrons. The van der Waals surface area contributed by atoms with Crippen LogP contribution >= 0.6 is 0 Å². The molecule has 0 amide bonds. The summed E-state index contributed by atoms with van der Waals surface area (Å²) < 4.78 is 18.6. The van der Waals surface area contributed by atoms with Crippen molar-refractivity contribution in [2.75, 3.05) is 19.6 Å². The van der Waals surface area contributed by atoms with Crippen molar-refractivity contribution in [3.05, 3.63) is 57.0 Å². The number of pyridine rings is 1. The number of fused-ring (bicyclic) bond motifs is 4. The molecule has 3 heterocycles. The van der Waals surface area contributed by atoms with E-state index in [9.17, 15) is 15.2 Å². The highest BCUT2D eigenvalue weighted by molar-refractivity contribution is 6.10. The van der Waals surface area contributed by atoms with E-state index in [2.05, 4.69) is 16.0 Å². The molecule has 5 rings (SSSR count). The summed E-state index contributed by atoms with van der Waals surface area (Å²) in [6.45, 7) is 10.1. The van der Waals surface area contributed by atoms with Crippen molar-refractivity contribution in [3.63, 3.8) is 0 Å². The molecule has 7 heteroatoms. The maximum absolute atomic E-state index is 16.6. The van der Waals surface area contributed by atoms with E-state index in [0.29, 0.717) is 46.0 Å². The number of piperidine rings is 1. The molecule has 0 radical (unpaired) electrons. The molecule has 2 N–H and O–H groups in total. The van der Waals surface area contributed by atoms with Gasteiger partial charge in [0, 0.05) is 28.9 Å². The van der Waals surface area contributed by atoms with Crippen LogP contribution in [0.1, 0.15) is 69.2 Å². The van der Waals surface area contributed by atoms with Crippen LogP contribution in [0.5, 0.6) is 0 Å². The van der Waals surface area contributed by atoms with Crippen LogP contribution in [0.3, 0.4) is 0 Å². The van der Waals surface area contributed by atoms with Crippen LogP contribution in [0.2, 0.25) is 0 Å². The Bertz CT molecular complexity index is 1570. The number of hydrogen-bond donors (Lipinski definition) is 2. The molecule has 1 atom stereocenters. The highest BCUT2D eigenvalue weighted by Gasteiger charge is 2.29. The monoisotopic (exact) mass is 488 g/mol. The number of likely N-dealkylation sites (tertiary alicyclic amines) is 1. The van der Waals surface area contributed by atoms with Gasteiger partial charge >= 0.3 is 0 Å².